The molecule has 4 nitrogen and oxygen atoms in total. The van der Waals surface area contributed by atoms with Crippen LogP contribution in [0.25, 0.3) is 0 Å². The summed E-state index contributed by atoms with van der Waals surface area (Å²) in [6.07, 6.45) is -11.8. The molecule has 0 bridgehead atoms. The number of aliphatic hydroxyl groups is 1. The Morgan fingerprint density at radius 3 is 1.85 bits per heavy atom. The molecule has 1 N–H and O–H groups in total. The molecule has 0 amide bonds. The Labute approximate surface area is 220 Å². The second-order valence-corrected chi connectivity index (χ2v) is 8.53. The molecule has 0 fully saturated rings. The first-order chi connectivity index (χ1) is 18.5. The second-order valence-electron chi connectivity index (χ2n) is 8.53. The number of rotatable bonds is 9. The maximum Gasteiger partial charge on any atom is 0.573 e. The van der Waals surface area contributed by atoms with Crippen molar-refractivity contribution >= 4 is 5.69 Å². The number of hydrogen-bond acceptors (Lipinski definition) is 4. The fraction of sp³-hybridized carbons (Fsp3) is 0.172. The predicted molar refractivity (Wildman–Crippen MR) is 133 cm³/mol. The van der Waals surface area contributed by atoms with E-state index in [1.165, 1.54) is 24.3 Å². The first-order valence-electron chi connectivity index (χ1n) is 11.7. The van der Waals surface area contributed by atoms with Crippen LogP contribution in [0.15, 0.2) is 109 Å². The summed E-state index contributed by atoms with van der Waals surface area (Å²) in [5.74, 6) is -0.0624. The van der Waals surface area contributed by atoms with Crippen molar-refractivity contribution in [3.8, 4) is 11.5 Å². The van der Waals surface area contributed by atoms with E-state index >= 15 is 0 Å². The van der Waals surface area contributed by atoms with Gasteiger partial charge in [-0.1, -0.05) is 60.7 Å². The second kappa shape index (κ2) is 11.7. The maximum absolute atomic E-state index is 13.0. The zero-order valence-corrected chi connectivity index (χ0v) is 20.2. The highest BCUT2D eigenvalue weighted by Crippen LogP contribution is 2.35. The summed E-state index contributed by atoms with van der Waals surface area (Å²) in [4.78, 5) is 1.61. The van der Waals surface area contributed by atoms with Crippen molar-refractivity contribution < 1.29 is 40.9 Å². The van der Waals surface area contributed by atoms with Gasteiger partial charge < -0.3 is 19.5 Å². The average Bonchev–Trinajstić information content (AvgIpc) is 2.90. The van der Waals surface area contributed by atoms with Crippen LogP contribution in [0.5, 0.6) is 11.5 Å². The topological polar surface area (TPSA) is 41.9 Å². The van der Waals surface area contributed by atoms with Crippen LogP contribution in [-0.2, 0) is 6.18 Å². The molecular weight excluding hydrogens is 524 g/mol. The van der Waals surface area contributed by atoms with Gasteiger partial charge in [0.25, 0.3) is 0 Å². The molecule has 2 unspecified atom stereocenters. The molecule has 0 aliphatic heterocycles. The van der Waals surface area contributed by atoms with E-state index in [1.54, 1.807) is 71.6 Å². The standard InChI is InChI=1S/C29H23F6NO3/c30-28(31,32)22-16-14-20(15-17-22)26(37)19-36(23-9-3-1-4-10-23)27(38-24-11-5-2-6-12-24)21-8-7-13-25(18-21)39-29(33,34)35/h1-18,26-27,37H,19H2. The largest absolute Gasteiger partial charge is 0.573 e. The van der Waals surface area contributed by atoms with Gasteiger partial charge in [0.05, 0.1) is 18.2 Å². The number of ether oxygens (including phenoxy) is 2. The molecule has 0 heterocycles. The van der Waals surface area contributed by atoms with Gasteiger partial charge in [-0.25, -0.2) is 0 Å². The molecule has 39 heavy (non-hydrogen) atoms. The molecule has 0 spiro atoms. The summed E-state index contributed by atoms with van der Waals surface area (Å²) >= 11 is 0. The van der Waals surface area contributed by atoms with Gasteiger partial charge in [0.2, 0.25) is 0 Å². The van der Waals surface area contributed by atoms with E-state index in [-0.39, 0.29) is 17.7 Å². The van der Waals surface area contributed by atoms with Crippen LogP contribution >= 0.6 is 0 Å². The number of benzene rings is 4. The minimum Gasteiger partial charge on any atom is -0.466 e. The first-order valence-corrected chi connectivity index (χ1v) is 11.7. The summed E-state index contributed by atoms with van der Waals surface area (Å²) in [5, 5.41) is 11.1. The van der Waals surface area contributed by atoms with E-state index in [0.717, 1.165) is 18.2 Å². The number of hydrogen-bond donors (Lipinski definition) is 1. The smallest absolute Gasteiger partial charge is 0.466 e. The van der Waals surface area contributed by atoms with Crippen molar-refractivity contribution in [1.29, 1.82) is 0 Å². The molecule has 0 radical (unpaired) electrons. The molecule has 0 saturated carbocycles. The van der Waals surface area contributed by atoms with Crippen molar-refractivity contribution in [3.05, 3.63) is 126 Å². The molecule has 4 aromatic carbocycles. The van der Waals surface area contributed by atoms with E-state index in [2.05, 4.69) is 4.74 Å². The van der Waals surface area contributed by atoms with Crippen molar-refractivity contribution in [1.82, 2.24) is 0 Å². The zero-order valence-electron chi connectivity index (χ0n) is 20.2. The summed E-state index contributed by atoms with van der Waals surface area (Å²) in [6, 6.07) is 26.6. The Morgan fingerprint density at radius 1 is 0.667 bits per heavy atom. The van der Waals surface area contributed by atoms with Crippen LogP contribution in [0.1, 0.15) is 29.0 Å². The van der Waals surface area contributed by atoms with Gasteiger partial charge >= 0.3 is 12.5 Å². The van der Waals surface area contributed by atoms with E-state index in [0.29, 0.717) is 11.4 Å². The molecule has 0 aliphatic carbocycles. The van der Waals surface area contributed by atoms with E-state index in [4.69, 9.17) is 4.74 Å². The third-order valence-electron chi connectivity index (χ3n) is 5.73. The lowest BCUT2D eigenvalue weighted by atomic mass is 10.0. The number of halogens is 6. The summed E-state index contributed by atoms with van der Waals surface area (Å²) in [5.41, 5.74) is 0.192. The molecule has 10 heteroatoms. The number of aliphatic hydroxyl groups excluding tert-OH is 1. The average molecular weight is 547 g/mol. The molecule has 204 valence electrons. The monoisotopic (exact) mass is 547 g/mol. The highest BCUT2D eigenvalue weighted by Gasteiger charge is 2.33. The summed E-state index contributed by atoms with van der Waals surface area (Å²) in [6.45, 7) is -0.169. The molecule has 4 aromatic rings. The highest BCUT2D eigenvalue weighted by atomic mass is 19.4. The molecule has 0 aliphatic rings. The molecule has 0 aromatic heterocycles. The van der Waals surface area contributed by atoms with Gasteiger partial charge in [-0.3, -0.25) is 0 Å². The van der Waals surface area contributed by atoms with Crippen LogP contribution in [0.4, 0.5) is 32.0 Å². The van der Waals surface area contributed by atoms with Crippen LogP contribution in [0.2, 0.25) is 0 Å². The quantitative estimate of drug-likeness (QED) is 0.171. The molecule has 0 saturated heterocycles. The van der Waals surface area contributed by atoms with E-state index in [1.807, 2.05) is 0 Å². The zero-order chi connectivity index (χ0) is 28.0. The van der Waals surface area contributed by atoms with Crippen LogP contribution in [-0.4, -0.2) is 18.0 Å². The summed E-state index contributed by atoms with van der Waals surface area (Å²) in [7, 11) is 0. The lowest BCUT2D eigenvalue weighted by Gasteiger charge is -2.35. The van der Waals surface area contributed by atoms with Crippen LogP contribution in [0, 0.1) is 0 Å². The lowest BCUT2D eigenvalue weighted by molar-refractivity contribution is -0.274. The van der Waals surface area contributed by atoms with Gasteiger partial charge in [0.1, 0.15) is 11.5 Å². The first kappa shape index (κ1) is 27.8. The maximum atomic E-state index is 13.0. The minimum atomic E-state index is -4.91. The van der Waals surface area contributed by atoms with Crippen molar-refractivity contribution in [2.75, 3.05) is 11.4 Å². The van der Waals surface area contributed by atoms with E-state index in [9.17, 15) is 31.4 Å². The van der Waals surface area contributed by atoms with Gasteiger partial charge in [0.15, 0.2) is 6.23 Å². The van der Waals surface area contributed by atoms with Crippen LogP contribution in [0.3, 0.4) is 0 Å². The Morgan fingerprint density at radius 2 is 1.26 bits per heavy atom. The Hall–Kier alpha value is -4.18. The van der Waals surface area contributed by atoms with Crippen LogP contribution < -0.4 is 14.4 Å². The number of nitrogens with zero attached hydrogens (tertiary/aromatic N) is 1. The highest BCUT2D eigenvalue weighted by molar-refractivity contribution is 5.50. The fourth-order valence-corrected chi connectivity index (χ4v) is 3.95. The lowest BCUT2D eigenvalue weighted by Crippen LogP contribution is -2.36. The minimum absolute atomic E-state index is 0.169. The predicted octanol–water partition coefficient (Wildman–Crippen LogP) is 7.92. The van der Waals surface area contributed by atoms with Gasteiger partial charge in [0, 0.05) is 11.3 Å². The third kappa shape index (κ3) is 7.67. The summed E-state index contributed by atoms with van der Waals surface area (Å²) < 4.78 is 88.2. The SMILES string of the molecule is OC(CN(c1ccccc1)C(Oc1ccccc1)c1cccc(OC(F)(F)F)c1)c1ccc(C(F)(F)F)cc1. The van der Waals surface area contributed by atoms with Crippen molar-refractivity contribution in [2.45, 2.75) is 24.9 Å². The molecular formula is C29H23F6NO3. The van der Waals surface area contributed by atoms with Gasteiger partial charge in [-0.2, -0.15) is 13.2 Å². The molecule has 4 rings (SSSR count). The number of alkyl halides is 6. The Balaban J connectivity index is 1.74. The van der Waals surface area contributed by atoms with Crippen molar-refractivity contribution in [2.24, 2.45) is 0 Å². The Kier molecular flexibility index (Phi) is 8.35. The normalized spacial score (nSPS) is 13.4. The van der Waals surface area contributed by atoms with Crippen molar-refractivity contribution in [3.63, 3.8) is 0 Å². The molecule has 2 atom stereocenters. The third-order valence-corrected chi connectivity index (χ3v) is 5.73. The fourth-order valence-electron chi connectivity index (χ4n) is 3.95. The van der Waals surface area contributed by atoms with E-state index < -0.39 is 36.2 Å². The Bertz CT molecular complexity index is 1330. The van der Waals surface area contributed by atoms with Gasteiger partial charge in [-0.05, 0) is 54.1 Å². The van der Waals surface area contributed by atoms with Gasteiger partial charge in [-0.15, -0.1) is 13.2 Å². The number of anilines is 1. The number of para-hydroxylation sites is 2.